The summed E-state index contributed by atoms with van der Waals surface area (Å²) in [5.74, 6) is 0.124. The summed E-state index contributed by atoms with van der Waals surface area (Å²) in [6.07, 6.45) is 0. The van der Waals surface area contributed by atoms with Crippen molar-refractivity contribution in [3.8, 4) is 0 Å². The van der Waals surface area contributed by atoms with Crippen LogP contribution in [0.4, 0.5) is 5.69 Å². The first-order chi connectivity index (χ1) is 10.2. The summed E-state index contributed by atoms with van der Waals surface area (Å²) in [7, 11) is 0. The number of para-hydroxylation sites is 1. The SMILES string of the molecule is CCN1CCN(C(=O)[C@H](C)Nc2ccccc2CO)CC1. The molecule has 0 bridgehead atoms. The van der Waals surface area contributed by atoms with Gasteiger partial charge < -0.3 is 20.2 Å². The number of carbonyl (C=O) groups excluding carboxylic acids is 1. The molecule has 0 saturated carbocycles. The van der Waals surface area contributed by atoms with Crippen molar-refractivity contribution < 1.29 is 9.90 Å². The van der Waals surface area contributed by atoms with Crippen LogP contribution in [-0.2, 0) is 11.4 Å². The van der Waals surface area contributed by atoms with Gasteiger partial charge in [0.15, 0.2) is 0 Å². The molecule has 1 aliphatic heterocycles. The van der Waals surface area contributed by atoms with Crippen molar-refractivity contribution >= 4 is 11.6 Å². The summed E-state index contributed by atoms with van der Waals surface area (Å²) in [5.41, 5.74) is 1.64. The Morgan fingerprint density at radius 1 is 1.29 bits per heavy atom. The zero-order valence-corrected chi connectivity index (χ0v) is 12.9. The van der Waals surface area contributed by atoms with Crippen LogP contribution in [0.2, 0.25) is 0 Å². The molecule has 5 nitrogen and oxygen atoms in total. The molecule has 5 heteroatoms. The minimum Gasteiger partial charge on any atom is -0.392 e. The van der Waals surface area contributed by atoms with E-state index in [0.29, 0.717) is 0 Å². The Morgan fingerprint density at radius 2 is 1.95 bits per heavy atom. The van der Waals surface area contributed by atoms with Crippen LogP contribution in [-0.4, -0.2) is 59.6 Å². The van der Waals surface area contributed by atoms with Gasteiger partial charge >= 0.3 is 0 Å². The highest BCUT2D eigenvalue weighted by molar-refractivity contribution is 5.84. The van der Waals surface area contributed by atoms with E-state index in [2.05, 4.69) is 17.1 Å². The van der Waals surface area contributed by atoms with Crippen molar-refractivity contribution in [2.45, 2.75) is 26.5 Å². The van der Waals surface area contributed by atoms with E-state index in [-0.39, 0.29) is 18.6 Å². The molecule has 116 valence electrons. The predicted octanol–water partition coefficient (Wildman–Crippen LogP) is 1.14. The van der Waals surface area contributed by atoms with E-state index in [1.165, 1.54) is 0 Å². The monoisotopic (exact) mass is 291 g/mol. The molecule has 2 rings (SSSR count). The predicted molar refractivity (Wildman–Crippen MR) is 84.1 cm³/mol. The van der Waals surface area contributed by atoms with Crippen molar-refractivity contribution in [2.24, 2.45) is 0 Å². The molecule has 2 N–H and O–H groups in total. The topological polar surface area (TPSA) is 55.8 Å². The Labute approximate surface area is 126 Å². The van der Waals surface area contributed by atoms with Crippen LogP contribution in [0.5, 0.6) is 0 Å². The molecule has 1 saturated heterocycles. The molecule has 1 aromatic rings. The highest BCUT2D eigenvalue weighted by Gasteiger charge is 2.24. The number of likely N-dealkylation sites (N-methyl/N-ethyl adjacent to an activating group) is 1. The second-order valence-corrected chi connectivity index (χ2v) is 5.44. The first-order valence-corrected chi connectivity index (χ1v) is 7.62. The molecule has 1 atom stereocenters. The van der Waals surface area contributed by atoms with E-state index in [4.69, 9.17) is 0 Å². The van der Waals surface area contributed by atoms with Crippen LogP contribution in [0, 0.1) is 0 Å². The molecule has 0 unspecified atom stereocenters. The van der Waals surface area contributed by atoms with Crippen molar-refractivity contribution in [1.29, 1.82) is 0 Å². The molecular formula is C16H25N3O2. The zero-order valence-electron chi connectivity index (χ0n) is 12.9. The third-order valence-electron chi connectivity index (χ3n) is 4.06. The highest BCUT2D eigenvalue weighted by Crippen LogP contribution is 2.16. The maximum absolute atomic E-state index is 12.5. The average molecular weight is 291 g/mol. The lowest BCUT2D eigenvalue weighted by atomic mass is 10.1. The van der Waals surface area contributed by atoms with Gasteiger partial charge in [0.25, 0.3) is 0 Å². The van der Waals surface area contributed by atoms with Gasteiger partial charge in [-0.2, -0.15) is 0 Å². The number of rotatable bonds is 5. The van der Waals surface area contributed by atoms with Gasteiger partial charge in [-0.3, -0.25) is 4.79 Å². The van der Waals surface area contributed by atoms with E-state index >= 15 is 0 Å². The average Bonchev–Trinajstić information content (AvgIpc) is 2.54. The molecule has 1 fully saturated rings. The zero-order chi connectivity index (χ0) is 15.2. The highest BCUT2D eigenvalue weighted by atomic mass is 16.3. The number of carbonyl (C=O) groups is 1. The van der Waals surface area contributed by atoms with Crippen molar-refractivity contribution in [3.05, 3.63) is 29.8 Å². The maximum Gasteiger partial charge on any atom is 0.244 e. The van der Waals surface area contributed by atoms with Crippen molar-refractivity contribution in [2.75, 3.05) is 38.0 Å². The first-order valence-electron chi connectivity index (χ1n) is 7.62. The minimum absolute atomic E-state index is 0.0285. The van der Waals surface area contributed by atoms with Crippen LogP contribution < -0.4 is 5.32 Å². The van der Waals surface area contributed by atoms with E-state index in [1.54, 1.807) is 0 Å². The van der Waals surface area contributed by atoms with Crippen LogP contribution in [0.1, 0.15) is 19.4 Å². The summed E-state index contributed by atoms with van der Waals surface area (Å²) in [5, 5.41) is 12.6. The summed E-state index contributed by atoms with van der Waals surface area (Å²) >= 11 is 0. The molecule has 0 aromatic heterocycles. The number of aliphatic hydroxyl groups excluding tert-OH is 1. The molecule has 0 radical (unpaired) electrons. The normalized spacial score (nSPS) is 17.6. The van der Waals surface area contributed by atoms with Gasteiger partial charge in [-0.25, -0.2) is 0 Å². The fraction of sp³-hybridized carbons (Fsp3) is 0.562. The summed E-state index contributed by atoms with van der Waals surface area (Å²) < 4.78 is 0. The molecule has 1 amide bonds. The number of amides is 1. The Bertz CT molecular complexity index is 470. The van der Waals surface area contributed by atoms with Crippen LogP contribution in [0.15, 0.2) is 24.3 Å². The standard InChI is InChI=1S/C16H25N3O2/c1-3-18-8-10-19(11-9-18)16(21)13(2)17-15-7-5-4-6-14(15)12-20/h4-7,13,17,20H,3,8-12H2,1-2H3/t13-/m0/s1. The lowest BCUT2D eigenvalue weighted by molar-refractivity contribution is -0.133. The molecule has 0 aliphatic carbocycles. The summed E-state index contributed by atoms with van der Waals surface area (Å²) in [6.45, 7) is 8.51. The van der Waals surface area contributed by atoms with E-state index in [0.717, 1.165) is 44.0 Å². The fourth-order valence-corrected chi connectivity index (χ4v) is 2.65. The second kappa shape index (κ2) is 7.43. The van der Waals surface area contributed by atoms with Gasteiger partial charge in [-0.1, -0.05) is 25.1 Å². The number of hydrogen-bond donors (Lipinski definition) is 2. The lowest BCUT2D eigenvalue weighted by Gasteiger charge is -2.35. The van der Waals surface area contributed by atoms with E-state index in [9.17, 15) is 9.90 Å². The number of anilines is 1. The number of nitrogens with zero attached hydrogens (tertiary/aromatic N) is 2. The van der Waals surface area contributed by atoms with Crippen LogP contribution in [0.3, 0.4) is 0 Å². The second-order valence-electron chi connectivity index (χ2n) is 5.44. The molecule has 0 spiro atoms. The number of piperazine rings is 1. The number of aliphatic hydroxyl groups is 1. The molecule has 1 heterocycles. The van der Waals surface area contributed by atoms with Gasteiger partial charge in [0.1, 0.15) is 6.04 Å². The number of nitrogens with one attached hydrogen (secondary N) is 1. The van der Waals surface area contributed by atoms with Gasteiger partial charge in [0.05, 0.1) is 6.61 Å². The quantitative estimate of drug-likeness (QED) is 0.854. The van der Waals surface area contributed by atoms with Gasteiger partial charge in [0, 0.05) is 37.4 Å². The lowest BCUT2D eigenvalue weighted by Crippen LogP contribution is -2.52. The Kier molecular flexibility index (Phi) is 5.59. The smallest absolute Gasteiger partial charge is 0.244 e. The summed E-state index contributed by atoms with van der Waals surface area (Å²) in [6, 6.07) is 7.25. The summed E-state index contributed by atoms with van der Waals surface area (Å²) in [4.78, 5) is 16.8. The molecule has 1 aliphatic rings. The van der Waals surface area contributed by atoms with Crippen LogP contribution in [0.25, 0.3) is 0 Å². The third-order valence-corrected chi connectivity index (χ3v) is 4.06. The van der Waals surface area contributed by atoms with Crippen molar-refractivity contribution in [1.82, 2.24) is 9.80 Å². The van der Waals surface area contributed by atoms with E-state index < -0.39 is 0 Å². The Hall–Kier alpha value is -1.59. The largest absolute Gasteiger partial charge is 0.392 e. The number of benzene rings is 1. The van der Waals surface area contributed by atoms with Crippen LogP contribution >= 0.6 is 0 Å². The maximum atomic E-state index is 12.5. The van der Waals surface area contributed by atoms with Gasteiger partial charge in [0.2, 0.25) is 5.91 Å². The minimum atomic E-state index is -0.286. The fourth-order valence-electron chi connectivity index (χ4n) is 2.65. The molecular weight excluding hydrogens is 266 g/mol. The third kappa shape index (κ3) is 3.95. The molecule has 21 heavy (non-hydrogen) atoms. The first kappa shape index (κ1) is 15.8. The van der Waals surface area contributed by atoms with Gasteiger partial charge in [-0.05, 0) is 19.5 Å². The molecule has 1 aromatic carbocycles. The van der Waals surface area contributed by atoms with E-state index in [1.807, 2.05) is 36.1 Å². The Morgan fingerprint density at radius 3 is 2.57 bits per heavy atom. The number of hydrogen-bond acceptors (Lipinski definition) is 4. The Balaban J connectivity index is 1.94. The van der Waals surface area contributed by atoms with Crippen molar-refractivity contribution in [3.63, 3.8) is 0 Å². The van der Waals surface area contributed by atoms with Gasteiger partial charge in [-0.15, -0.1) is 0 Å².